The number of carbonyl (C=O) groups excluding carboxylic acids is 1. The van der Waals surface area contributed by atoms with Gasteiger partial charge >= 0.3 is 0 Å². The average Bonchev–Trinajstić information content (AvgIpc) is 3.21. The SMILES string of the molecule is Cc1csc(C(Cc2ccsc2)NC(=O)CC2CCS(=O)(=O)C2)n1. The van der Waals surface area contributed by atoms with Crippen LogP contribution >= 0.6 is 22.7 Å². The van der Waals surface area contributed by atoms with Gasteiger partial charge in [-0.1, -0.05) is 0 Å². The van der Waals surface area contributed by atoms with E-state index in [1.165, 1.54) is 5.56 Å². The van der Waals surface area contributed by atoms with Crippen LogP contribution in [0.4, 0.5) is 0 Å². The third-order valence-corrected chi connectivity index (χ3v) is 7.74. The summed E-state index contributed by atoms with van der Waals surface area (Å²) in [6.07, 6.45) is 1.55. The molecule has 0 aromatic carbocycles. The molecule has 1 N–H and O–H groups in total. The first-order valence-electron chi connectivity index (χ1n) is 7.84. The molecule has 5 nitrogen and oxygen atoms in total. The fourth-order valence-corrected chi connectivity index (χ4v) is 6.32. The first kappa shape index (κ1) is 17.6. The van der Waals surface area contributed by atoms with Gasteiger partial charge in [0, 0.05) is 23.9 Å². The highest BCUT2D eigenvalue weighted by atomic mass is 32.2. The summed E-state index contributed by atoms with van der Waals surface area (Å²) >= 11 is 3.18. The van der Waals surface area contributed by atoms with Crippen LogP contribution in [0.15, 0.2) is 22.2 Å². The van der Waals surface area contributed by atoms with Crippen LogP contribution in [-0.2, 0) is 21.1 Å². The molecule has 2 unspecified atom stereocenters. The molecule has 1 amide bonds. The molecule has 1 aliphatic heterocycles. The molecule has 3 rings (SSSR count). The molecule has 0 spiro atoms. The number of nitrogens with zero attached hydrogens (tertiary/aromatic N) is 1. The number of amides is 1. The standard InChI is InChI=1S/C16H20N2O3S3/c1-11-8-23-16(17-11)14(6-12-2-4-22-9-12)18-15(19)7-13-3-5-24(20,21)10-13/h2,4,8-9,13-14H,3,5-7,10H2,1H3,(H,18,19). The molecular weight excluding hydrogens is 364 g/mol. The van der Waals surface area contributed by atoms with E-state index in [1.807, 2.05) is 23.8 Å². The molecule has 0 radical (unpaired) electrons. The summed E-state index contributed by atoms with van der Waals surface area (Å²) < 4.78 is 23.1. The second kappa shape index (κ2) is 7.33. The van der Waals surface area contributed by atoms with Crippen LogP contribution in [0.1, 0.15) is 35.1 Å². The van der Waals surface area contributed by atoms with Crippen LogP contribution < -0.4 is 5.32 Å². The van der Waals surface area contributed by atoms with Crippen molar-refractivity contribution in [3.63, 3.8) is 0 Å². The van der Waals surface area contributed by atoms with Crippen molar-refractivity contribution in [2.45, 2.75) is 32.2 Å². The average molecular weight is 385 g/mol. The Morgan fingerprint density at radius 1 is 1.46 bits per heavy atom. The minimum atomic E-state index is -2.95. The lowest BCUT2D eigenvalue weighted by atomic mass is 10.0. The summed E-state index contributed by atoms with van der Waals surface area (Å²) in [5.41, 5.74) is 2.11. The lowest BCUT2D eigenvalue weighted by Gasteiger charge is -2.17. The number of carbonyl (C=O) groups is 1. The van der Waals surface area contributed by atoms with Gasteiger partial charge in [-0.15, -0.1) is 11.3 Å². The fraction of sp³-hybridized carbons (Fsp3) is 0.500. The van der Waals surface area contributed by atoms with E-state index in [0.29, 0.717) is 12.8 Å². The van der Waals surface area contributed by atoms with E-state index in [0.717, 1.165) is 10.7 Å². The van der Waals surface area contributed by atoms with E-state index < -0.39 is 9.84 Å². The highest BCUT2D eigenvalue weighted by molar-refractivity contribution is 7.91. The van der Waals surface area contributed by atoms with Crippen molar-refractivity contribution in [1.29, 1.82) is 0 Å². The molecule has 1 fully saturated rings. The summed E-state index contributed by atoms with van der Waals surface area (Å²) in [6, 6.07) is 1.89. The molecule has 1 aliphatic rings. The number of hydrogen-bond acceptors (Lipinski definition) is 6. The van der Waals surface area contributed by atoms with Gasteiger partial charge in [0.15, 0.2) is 9.84 Å². The number of aryl methyl sites for hydroxylation is 1. The first-order valence-corrected chi connectivity index (χ1v) is 11.5. The van der Waals surface area contributed by atoms with Gasteiger partial charge in [0.2, 0.25) is 5.91 Å². The smallest absolute Gasteiger partial charge is 0.220 e. The van der Waals surface area contributed by atoms with Gasteiger partial charge in [0.25, 0.3) is 0 Å². The van der Waals surface area contributed by atoms with E-state index >= 15 is 0 Å². The Morgan fingerprint density at radius 3 is 2.88 bits per heavy atom. The van der Waals surface area contributed by atoms with Crippen LogP contribution in [0, 0.1) is 12.8 Å². The monoisotopic (exact) mass is 384 g/mol. The largest absolute Gasteiger partial charge is 0.347 e. The summed E-state index contributed by atoms with van der Waals surface area (Å²) in [7, 11) is -2.95. The molecule has 0 saturated carbocycles. The highest BCUT2D eigenvalue weighted by Crippen LogP contribution is 2.25. The summed E-state index contributed by atoms with van der Waals surface area (Å²) in [5.74, 6) is 0.181. The number of sulfone groups is 1. The predicted molar refractivity (Wildman–Crippen MR) is 97.1 cm³/mol. The Hall–Kier alpha value is -1.25. The topological polar surface area (TPSA) is 76.1 Å². The second-order valence-electron chi connectivity index (χ2n) is 6.26. The van der Waals surface area contributed by atoms with Crippen LogP contribution in [0.3, 0.4) is 0 Å². The Labute approximate surface area is 150 Å². The molecule has 8 heteroatoms. The van der Waals surface area contributed by atoms with Crippen LogP contribution in [0.5, 0.6) is 0 Å². The number of thiophene rings is 1. The third kappa shape index (κ3) is 4.64. The van der Waals surface area contributed by atoms with E-state index in [1.54, 1.807) is 22.7 Å². The minimum absolute atomic E-state index is 0.0603. The molecule has 2 aromatic heterocycles. The summed E-state index contributed by atoms with van der Waals surface area (Å²) in [6.45, 7) is 1.94. The van der Waals surface area contributed by atoms with Crippen molar-refractivity contribution < 1.29 is 13.2 Å². The fourth-order valence-electron chi connectivity index (χ4n) is 2.93. The molecule has 130 valence electrons. The Morgan fingerprint density at radius 2 is 2.29 bits per heavy atom. The molecule has 1 saturated heterocycles. The highest BCUT2D eigenvalue weighted by Gasteiger charge is 2.30. The molecule has 24 heavy (non-hydrogen) atoms. The zero-order chi connectivity index (χ0) is 17.2. The number of rotatable bonds is 6. The second-order valence-corrected chi connectivity index (χ2v) is 10.2. The van der Waals surface area contributed by atoms with Gasteiger partial charge in [0.05, 0.1) is 17.5 Å². The molecule has 0 aliphatic carbocycles. The zero-order valence-corrected chi connectivity index (χ0v) is 15.8. The van der Waals surface area contributed by atoms with Crippen molar-refractivity contribution in [2.24, 2.45) is 5.92 Å². The van der Waals surface area contributed by atoms with E-state index in [9.17, 15) is 13.2 Å². The number of aromatic nitrogens is 1. The molecule has 2 atom stereocenters. The quantitative estimate of drug-likeness (QED) is 0.831. The maximum absolute atomic E-state index is 12.4. The Kier molecular flexibility index (Phi) is 5.36. The molecule has 3 heterocycles. The van der Waals surface area contributed by atoms with Gasteiger partial charge in [0.1, 0.15) is 5.01 Å². The van der Waals surface area contributed by atoms with Gasteiger partial charge in [-0.25, -0.2) is 13.4 Å². The van der Waals surface area contributed by atoms with Crippen molar-refractivity contribution >= 4 is 38.4 Å². The number of nitrogens with one attached hydrogen (secondary N) is 1. The number of thiazole rings is 1. The maximum Gasteiger partial charge on any atom is 0.220 e. The van der Waals surface area contributed by atoms with Crippen LogP contribution in [0.25, 0.3) is 0 Å². The van der Waals surface area contributed by atoms with Crippen LogP contribution in [0.2, 0.25) is 0 Å². The predicted octanol–water partition coefficient (Wildman–Crippen LogP) is 2.74. The van der Waals surface area contributed by atoms with Gasteiger partial charge in [-0.3, -0.25) is 4.79 Å². The number of hydrogen-bond donors (Lipinski definition) is 1. The molecule has 0 bridgehead atoms. The Bertz CT molecular complexity index is 796. The lowest BCUT2D eigenvalue weighted by Crippen LogP contribution is -2.31. The zero-order valence-electron chi connectivity index (χ0n) is 13.4. The van der Waals surface area contributed by atoms with E-state index in [4.69, 9.17) is 0 Å². The van der Waals surface area contributed by atoms with E-state index in [2.05, 4.69) is 15.7 Å². The minimum Gasteiger partial charge on any atom is -0.347 e. The third-order valence-electron chi connectivity index (χ3n) is 4.09. The van der Waals surface area contributed by atoms with Crippen molar-refractivity contribution in [3.05, 3.63) is 38.5 Å². The van der Waals surface area contributed by atoms with Gasteiger partial charge in [-0.05, 0) is 41.7 Å². The van der Waals surface area contributed by atoms with E-state index in [-0.39, 0.29) is 35.8 Å². The summed E-state index contributed by atoms with van der Waals surface area (Å²) in [5, 5.41) is 10.0. The summed E-state index contributed by atoms with van der Waals surface area (Å²) in [4.78, 5) is 16.9. The van der Waals surface area contributed by atoms with Gasteiger partial charge in [-0.2, -0.15) is 11.3 Å². The van der Waals surface area contributed by atoms with Gasteiger partial charge < -0.3 is 5.32 Å². The normalized spacial score (nSPS) is 20.8. The first-order chi connectivity index (χ1) is 11.4. The molecular formula is C16H20N2O3S3. The molecule has 2 aromatic rings. The lowest BCUT2D eigenvalue weighted by molar-refractivity contribution is -0.122. The Balaban J connectivity index is 1.66. The van der Waals surface area contributed by atoms with Crippen LogP contribution in [-0.4, -0.2) is 30.8 Å². The van der Waals surface area contributed by atoms with Crippen molar-refractivity contribution in [3.8, 4) is 0 Å². The maximum atomic E-state index is 12.4. The van der Waals surface area contributed by atoms with Crippen molar-refractivity contribution in [1.82, 2.24) is 10.3 Å². The van der Waals surface area contributed by atoms with Crippen molar-refractivity contribution in [2.75, 3.05) is 11.5 Å².